The lowest BCUT2D eigenvalue weighted by Crippen LogP contribution is -2.50. The lowest BCUT2D eigenvalue weighted by molar-refractivity contribution is -0.140. The van der Waals surface area contributed by atoms with E-state index in [-0.39, 0.29) is 122 Å². The van der Waals surface area contributed by atoms with E-state index in [2.05, 4.69) is 21.4 Å². The Morgan fingerprint density at radius 3 is 1.97 bits per heavy atom. The van der Waals surface area contributed by atoms with Crippen LogP contribution in [-0.2, 0) is 30.5 Å². The molecule has 0 spiro atoms. The molecule has 2 aromatic heterocycles. The van der Waals surface area contributed by atoms with Crippen molar-refractivity contribution in [3.8, 4) is 11.8 Å². The first-order valence-corrected chi connectivity index (χ1v) is 20.7. The number of ether oxygens (including phenoxy) is 1. The summed E-state index contributed by atoms with van der Waals surface area (Å²) in [6, 6.07) is 10.9. The van der Waals surface area contributed by atoms with Gasteiger partial charge in [-0.2, -0.15) is 9.65 Å². The van der Waals surface area contributed by atoms with Crippen LogP contribution in [0.5, 0.6) is 5.75 Å². The van der Waals surface area contributed by atoms with Gasteiger partial charge >= 0.3 is 17.9 Å². The van der Waals surface area contributed by atoms with Crippen molar-refractivity contribution < 1.29 is 53.2 Å². The monoisotopic (exact) mass is 876 g/mol. The van der Waals surface area contributed by atoms with Crippen molar-refractivity contribution in [1.82, 2.24) is 44.7 Å². The van der Waals surface area contributed by atoms with Crippen molar-refractivity contribution in [3.05, 3.63) is 65.9 Å². The number of halogens is 1. The fraction of sp³-hybridized carbons (Fsp3) is 0.500. The first kappa shape index (κ1) is 47.7. The fourth-order valence-electron chi connectivity index (χ4n) is 7.50. The molecule has 2 fully saturated rings. The summed E-state index contributed by atoms with van der Waals surface area (Å²) in [6.07, 6.45) is 4.50. The maximum atomic E-state index is 14.1. The Morgan fingerprint density at radius 1 is 0.810 bits per heavy atom. The van der Waals surface area contributed by atoms with E-state index in [4.69, 9.17) is 4.74 Å². The lowest BCUT2D eigenvalue weighted by Gasteiger charge is -2.33. The number of pyridine rings is 2. The molecule has 2 aliphatic heterocycles. The van der Waals surface area contributed by atoms with Gasteiger partial charge in [0.05, 0.1) is 56.5 Å². The molecule has 63 heavy (non-hydrogen) atoms. The van der Waals surface area contributed by atoms with Crippen molar-refractivity contribution >= 4 is 46.5 Å². The Balaban J connectivity index is 1.25. The zero-order valence-electron chi connectivity index (χ0n) is 34.9. The van der Waals surface area contributed by atoms with Crippen molar-refractivity contribution in [2.45, 2.75) is 31.8 Å². The molecule has 2 saturated heterocycles. The van der Waals surface area contributed by atoms with Crippen LogP contribution in [0.2, 0.25) is 0 Å². The van der Waals surface area contributed by atoms with E-state index in [9.17, 15) is 53.7 Å². The van der Waals surface area contributed by atoms with E-state index in [1.54, 1.807) is 37.8 Å². The number of likely N-dealkylation sites (tertiary alicyclic amines) is 1. The topological polar surface area (TPSA) is 253 Å². The normalized spacial score (nSPS) is 17.3. The number of nitriles is 1. The fourth-order valence-corrected chi connectivity index (χ4v) is 7.50. The highest BCUT2D eigenvalue weighted by Crippen LogP contribution is 2.23. The standard InChI is InChI=1S/C42H53FN10O10/c43-36-7-4-30(23-46-36)25-52(38(55)26-48-12-14-49(27-39(56)57)16-18-51(29-41(60)61)19-17-50(15-13-48)28-40(58)59)10-2-20-63-32-5-6-35-34(21-32)33(8-9-45-35)42(62)47-24-37(54)53-11-1-3-31(53)22-44/h4-9,21,23,31H,1-3,10-20,24-29H2,(H,47,62)(H,56,57)(H,58,59)(H,60,61)/t31-/m0/s1. The summed E-state index contributed by atoms with van der Waals surface area (Å²) in [4.78, 5) is 93.1. The number of benzene rings is 1. The van der Waals surface area contributed by atoms with E-state index in [1.165, 1.54) is 35.5 Å². The molecule has 21 heteroatoms. The third-order valence-electron chi connectivity index (χ3n) is 10.8. The summed E-state index contributed by atoms with van der Waals surface area (Å²) in [7, 11) is 0. The molecule has 0 radical (unpaired) electrons. The largest absolute Gasteiger partial charge is 0.494 e. The van der Waals surface area contributed by atoms with Crippen LogP contribution in [-0.4, -0.2) is 201 Å². The second-order valence-corrected chi connectivity index (χ2v) is 15.4. The summed E-state index contributed by atoms with van der Waals surface area (Å²) in [5, 5.41) is 41.1. The van der Waals surface area contributed by atoms with Crippen molar-refractivity contribution in [3.63, 3.8) is 0 Å². The van der Waals surface area contributed by atoms with Crippen LogP contribution < -0.4 is 10.1 Å². The molecule has 3 amide bonds. The number of carboxylic acids is 3. The summed E-state index contributed by atoms with van der Waals surface area (Å²) in [6.45, 7) is 1.56. The van der Waals surface area contributed by atoms with Gasteiger partial charge in [0.15, 0.2) is 0 Å². The lowest BCUT2D eigenvalue weighted by atomic mass is 10.1. The third-order valence-corrected chi connectivity index (χ3v) is 10.8. The maximum absolute atomic E-state index is 14.1. The summed E-state index contributed by atoms with van der Waals surface area (Å²) >= 11 is 0. The first-order chi connectivity index (χ1) is 30.3. The number of carbonyl (C=O) groups excluding carboxylic acids is 3. The van der Waals surface area contributed by atoms with Crippen LogP contribution in [0.4, 0.5) is 4.39 Å². The van der Waals surface area contributed by atoms with E-state index in [1.807, 2.05) is 4.90 Å². The average Bonchev–Trinajstić information content (AvgIpc) is 3.74. The predicted octanol–water partition coefficient (Wildman–Crippen LogP) is 0.286. The SMILES string of the molecule is N#C[C@@H]1CCCN1C(=O)CNC(=O)c1ccnc2ccc(OCCCN(Cc3ccc(F)nc3)C(=O)CN3CCN(CC(=O)O)CCN(CC(=O)O)CCN(CC(=O)O)CC3)cc12. The van der Waals surface area contributed by atoms with Crippen molar-refractivity contribution in [1.29, 1.82) is 5.26 Å². The second kappa shape index (κ2) is 23.8. The number of carboxylic acid groups (broad SMARTS) is 3. The van der Waals surface area contributed by atoms with E-state index < -0.39 is 35.8 Å². The van der Waals surface area contributed by atoms with Gasteiger partial charge in [-0.25, -0.2) is 4.98 Å². The number of carbonyl (C=O) groups is 6. The summed E-state index contributed by atoms with van der Waals surface area (Å²) < 4.78 is 19.8. The number of hydrogen-bond donors (Lipinski definition) is 4. The number of nitrogens with zero attached hydrogens (tertiary/aromatic N) is 9. The van der Waals surface area contributed by atoms with E-state index in [0.29, 0.717) is 41.6 Å². The van der Waals surface area contributed by atoms with Crippen LogP contribution in [0.1, 0.15) is 35.2 Å². The van der Waals surface area contributed by atoms with Crippen LogP contribution in [0.25, 0.3) is 10.9 Å². The maximum Gasteiger partial charge on any atom is 0.317 e. The molecule has 20 nitrogen and oxygen atoms in total. The molecular formula is C42H53FN10O10. The van der Waals surface area contributed by atoms with Crippen LogP contribution in [0.15, 0.2) is 48.8 Å². The van der Waals surface area contributed by atoms with Gasteiger partial charge in [0.25, 0.3) is 5.91 Å². The minimum Gasteiger partial charge on any atom is -0.494 e. The molecule has 2 aliphatic rings. The molecule has 1 atom stereocenters. The number of nitrogens with one attached hydrogen (secondary N) is 1. The van der Waals surface area contributed by atoms with Gasteiger partial charge in [0.2, 0.25) is 17.8 Å². The predicted molar refractivity (Wildman–Crippen MR) is 223 cm³/mol. The zero-order chi connectivity index (χ0) is 45.3. The molecule has 0 unspecified atom stereocenters. The molecule has 0 aliphatic carbocycles. The molecule has 338 valence electrons. The first-order valence-electron chi connectivity index (χ1n) is 20.7. The highest BCUT2D eigenvalue weighted by Gasteiger charge is 2.29. The number of aromatic nitrogens is 2. The zero-order valence-corrected chi connectivity index (χ0v) is 34.9. The van der Waals surface area contributed by atoms with Gasteiger partial charge in [-0.3, -0.25) is 53.4 Å². The molecule has 3 aromatic rings. The van der Waals surface area contributed by atoms with Gasteiger partial charge in [0.1, 0.15) is 11.8 Å². The van der Waals surface area contributed by atoms with E-state index >= 15 is 0 Å². The van der Waals surface area contributed by atoms with E-state index in [0.717, 1.165) is 6.42 Å². The molecule has 4 heterocycles. The van der Waals surface area contributed by atoms with Crippen molar-refractivity contribution in [2.75, 3.05) is 105 Å². The third kappa shape index (κ3) is 15.2. The minimum absolute atomic E-state index is 0.0905. The number of rotatable bonds is 18. The van der Waals surface area contributed by atoms with Gasteiger partial charge in [0, 0.05) is 89.8 Å². The minimum atomic E-state index is -1.06. The van der Waals surface area contributed by atoms with Crippen molar-refractivity contribution in [2.24, 2.45) is 0 Å². The number of aliphatic carboxylic acids is 3. The smallest absolute Gasteiger partial charge is 0.317 e. The molecule has 1 aromatic carbocycles. The molecule has 0 bridgehead atoms. The molecule has 4 N–H and O–H groups in total. The molecule has 0 saturated carbocycles. The number of fused-ring (bicyclic) bond motifs is 1. The quantitative estimate of drug-likeness (QED) is 0.0990. The van der Waals surface area contributed by atoms with Gasteiger partial charge < -0.3 is 35.2 Å². The van der Waals surface area contributed by atoms with Crippen LogP contribution >= 0.6 is 0 Å². The van der Waals surface area contributed by atoms with Gasteiger partial charge in [-0.1, -0.05) is 6.07 Å². The van der Waals surface area contributed by atoms with Crippen LogP contribution in [0, 0.1) is 17.3 Å². The summed E-state index contributed by atoms with van der Waals surface area (Å²) in [5.41, 5.74) is 1.37. The Kier molecular flexibility index (Phi) is 18.0. The number of hydrogen-bond acceptors (Lipinski definition) is 14. The molecule has 5 rings (SSSR count). The average molecular weight is 877 g/mol. The Labute approximate surface area is 363 Å². The Morgan fingerprint density at radius 2 is 1.41 bits per heavy atom. The van der Waals surface area contributed by atoms with Gasteiger partial charge in [-0.15, -0.1) is 0 Å². The summed E-state index contributed by atoms with van der Waals surface area (Å²) in [5.74, 6) is -4.56. The van der Waals surface area contributed by atoms with Gasteiger partial charge in [-0.05, 0) is 55.2 Å². The highest BCUT2D eigenvalue weighted by molar-refractivity contribution is 6.07. The second-order valence-electron chi connectivity index (χ2n) is 15.4. The van der Waals surface area contributed by atoms with Crippen LogP contribution in [0.3, 0.4) is 0 Å². The Hall–Kier alpha value is -6.34. The highest BCUT2D eigenvalue weighted by atomic mass is 19.1. The number of amides is 3. The Bertz CT molecular complexity index is 2090. The molecular weight excluding hydrogens is 824 g/mol.